The lowest BCUT2D eigenvalue weighted by Crippen LogP contribution is -2.62. The van der Waals surface area contributed by atoms with Crippen LogP contribution < -0.4 is 0 Å². The number of halogens is 1. The number of methoxy groups -OCH3 is 1. The van der Waals surface area contributed by atoms with Crippen molar-refractivity contribution in [2.45, 2.75) is 161 Å². The molecule has 0 spiro atoms. The Morgan fingerprint density at radius 3 is 2.34 bits per heavy atom. The molecule has 3 aliphatic heterocycles. The number of likely N-dealkylation sites (N-methyl/N-ethyl adjacent to an activating group) is 1. The quantitative estimate of drug-likeness (QED) is 0.167. The summed E-state index contributed by atoms with van der Waals surface area (Å²) in [6.45, 7) is 17.0. The van der Waals surface area contributed by atoms with E-state index in [0.717, 1.165) is 5.69 Å². The molecule has 3 fully saturated rings. The van der Waals surface area contributed by atoms with Crippen molar-refractivity contribution in [1.29, 1.82) is 0 Å². The number of aliphatic hydroxyl groups excluding tert-OH is 1. The molecule has 0 radical (unpaired) electrons. The topological polar surface area (TPSA) is 188 Å². The fourth-order valence-corrected chi connectivity index (χ4v) is 9.81. The smallest absolute Gasteiger partial charge is 0.410 e. The number of pyridine rings is 1. The molecular weight excluding hydrogens is 850 g/mol. The van der Waals surface area contributed by atoms with Crippen molar-refractivity contribution in [2.75, 3.05) is 40.6 Å². The largest absolute Gasteiger partial charge is 0.458 e. The van der Waals surface area contributed by atoms with Crippen LogP contribution in [0.1, 0.15) is 94.4 Å². The van der Waals surface area contributed by atoms with E-state index in [2.05, 4.69) is 15.3 Å². The molecule has 2 amide bonds. The fraction of sp³-hybridized carbons (Fsp3) is 0.756. The first-order valence-electron chi connectivity index (χ1n) is 22.4. The SMILES string of the molecule is CC[C@H]1OC(=O)[C@H](C)C(=O)[C@H](C)[C@@H](O[C@@H]2OC(C)CC(N(C)C)C2O)[C@](C)(OC)C[C@@H](C)CN(C(C)=O)[C@H](C)[C@H]2N(CCCCn3cc(-c4ccccn4)nn3)C(=O)O[C@]12C.CSF. The van der Waals surface area contributed by atoms with Crippen molar-refractivity contribution in [2.24, 2.45) is 17.8 Å². The highest BCUT2D eigenvalue weighted by molar-refractivity contribution is 7.93. The van der Waals surface area contributed by atoms with E-state index in [9.17, 15) is 28.2 Å². The third-order valence-corrected chi connectivity index (χ3v) is 13.2. The van der Waals surface area contributed by atoms with E-state index in [4.69, 9.17) is 23.7 Å². The van der Waals surface area contributed by atoms with Gasteiger partial charge in [0.2, 0.25) is 5.91 Å². The maximum absolute atomic E-state index is 14.5. The van der Waals surface area contributed by atoms with Crippen molar-refractivity contribution >= 4 is 35.9 Å². The molecule has 0 aromatic carbocycles. The average molecular weight is 922 g/mol. The number of fused-ring (bicyclic) bond motifs is 1. The normalized spacial score (nSPS) is 34.2. The van der Waals surface area contributed by atoms with Gasteiger partial charge in [0.25, 0.3) is 0 Å². The Kier molecular flexibility index (Phi) is 19.1. The van der Waals surface area contributed by atoms with Gasteiger partial charge in [-0.25, -0.2) is 4.79 Å². The lowest BCUT2D eigenvalue weighted by molar-refractivity contribution is -0.295. The minimum atomic E-state index is -1.39. The van der Waals surface area contributed by atoms with Gasteiger partial charge in [0.1, 0.15) is 23.8 Å². The van der Waals surface area contributed by atoms with E-state index in [1.54, 1.807) is 41.6 Å². The van der Waals surface area contributed by atoms with E-state index in [1.165, 1.54) is 20.1 Å². The molecule has 2 aromatic rings. The molecule has 1 N–H and O–H groups in total. The van der Waals surface area contributed by atoms with Crippen molar-refractivity contribution in [1.82, 2.24) is 34.7 Å². The number of nitrogens with zero attached hydrogens (tertiary/aromatic N) is 7. The Balaban J connectivity index is 0.00000291. The van der Waals surface area contributed by atoms with E-state index < -0.39 is 77.6 Å². The van der Waals surface area contributed by atoms with Gasteiger partial charge in [-0.3, -0.25) is 28.9 Å². The van der Waals surface area contributed by atoms with Crippen molar-refractivity contribution < 1.29 is 51.9 Å². The minimum Gasteiger partial charge on any atom is -0.458 e. The van der Waals surface area contributed by atoms with Gasteiger partial charge in [-0.05, 0) is 98.9 Å². The zero-order chi connectivity index (χ0) is 47.7. The van der Waals surface area contributed by atoms with Crippen LogP contribution >= 0.6 is 12.1 Å². The number of hydrogen-bond acceptors (Lipinski definition) is 15. The van der Waals surface area contributed by atoms with E-state index in [-0.39, 0.29) is 49.1 Å². The molecule has 5 rings (SSSR count). The van der Waals surface area contributed by atoms with E-state index >= 15 is 0 Å². The van der Waals surface area contributed by atoms with Crippen LogP contribution in [0.3, 0.4) is 0 Å². The number of ketones is 1. The van der Waals surface area contributed by atoms with Gasteiger partial charge in [0.05, 0.1) is 41.8 Å². The van der Waals surface area contributed by atoms with Gasteiger partial charge >= 0.3 is 12.1 Å². The van der Waals surface area contributed by atoms with Crippen LogP contribution in [0.2, 0.25) is 0 Å². The molecule has 19 heteroatoms. The van der Waals surface area contributed by atoms with Crippen LogP contribution in [-0.2, 0) is 44.6 Å². The molecule has 3 saturated heterocycles. The molecule has 3 aliphatic rings. The van der Waals surface area contributed by atoms with E-state index in [0.29, 0.717) is 44.5 Å². The molecule has 13 atom stereocenters. The summed E-state index contributed by atoms with van der Waals surface area (Å²) in [7, 11) is 5.31. The Morgan fingerprint density at radius 2 is 1.75 bits per heavy atom. The number of carbonyl (C=O) groups excluding carboxylic acids is 4. The number of esters is 1. The highest BCUT2D eigenvalue weighted by Crippen LogP contribution is 2.41. The van der Waals surface area contributed by atoms with Gasteiger partial charge in [-0.15, -0.1) is 5.10 Å². The molecule has 5 heterocycles. The second-order valence-corrected chi connectivity index (χ2v) is 18.6. The average Bonchev–Trinajstić information content (AvgIpc) is 3.83. The molecule has 64 heavy (non-hydrogen) atoms. The fourth-order valence-electron chi connectivity index (χ4n) is 9.81. The third-order valence-electron chi connectivity index (χ3n) is 13.2. The Hall–Kier alpha value is -3.75. The molecule has 0 bridgehead atoms. The number of hydrogen-bond donors (Lipinski definition) is 1. The summed E-state index contributed by atoms with van der Waals surface area (Å²) in [5.41, 5.74) is -1.18. The first-order chi connectivity index (χ1) is 30.2. The first-order valence-corrected chi connectivity index (χ1v) is 23.5. The molecule has 0 saturated carbocycles. The lowest BCUT2D eigenvalue weighted by Gasteiger charge is -2.47. The minimum absolute atomic E-state index is 0.211. The number of aromatic nitrogens is 4. The zero-order valence-corrected chi connectivity index (χ0v) is 40.7. The predicted octanol–water partition coefficient (Wildman–Crippen LogP) is 5.59. The summed E-state index contributed by atoms with van der Waals surface area (Å²) >= 11 is 0.250. The van der Waals surface area contributed by atoms with Crippen molar-refractivity contribution in [3.05, 3.63) is 30.6 Å². The van der Waals surface area contributed by atoms with Gasteiger partial charge in [-0.2, -0.15) is 3.89 Å². The van der Waals surface area contributed by atoms with Crippen molar-refractivity contribution in [3.8, 4) is 11.4 Å². The molecule has 360 valence electrons. The predicted molar refractivity (Wildman–Crippen MR) is 239 cm³/mol. The summed E-state index contributed by atoms with van der Waals surface area (Å²) < 4.78 is 43.5. The molecule has 3 unspecified atom stereocenters. The maximum Gasteiger partial charge on any atom is 0.410 e. The number of amides is 2. The monoisotopic (exact) mass is 922 g/mol. The number of unbranched alkanes of at least 4 members (excludes halogenated alkanes) is 1. The van der Waals surface area contributed by atoms with Crippen LogP contribution in [0.5, 0.6) is 0 Å². The Morgan fingerprint density at radius 1 is 1.08 bits per heavy atom. The van der Waals surface area contributed by atoms with E-state index in [1.807, 2.05) is 78.0 Å². The summed E-state index contributed by atoms with van der Waals surface area (Å²) in [4.78, 5) is 66.0. The Labute approximate surface area is 382 Å². The summed E-state index contributed by atoms with van der Waals surface area (Å²) in [6, 6.07) is 4.00. The molecule has 17 nitrogen and oxygen atoms in total. The van der Waals surface area contributed by atoms with Gasteiger partial charge in [0.15, 0.2) is 17.7 Å². The Bertz CT molecular complexity index is 1850. The molecular formula is C45H72FN7O10S. The van der Waals surface area contributed by atoms with Crippen LogP contribution in [0.15, 0.2) is 30.6 Å². The van der Waals surface area contributed by atoms with Crippen LogP contribution in [0.25, 0.3) is 11.4 Å². The highest BCUT2D eigenvalue weighted by atomic mass is 32.2. The number of rotatable bonds is 11. The number of aliphatic hydroxyl groups is 1. The second-order valence-electron chi connectivity index (χ2n) is 18.2. The second kappa shape index (κ2) is 23.1. The van der Waals surface area contributed by atoms with Gasteiger partial charge in [-0.1, -0.05) is 32.1 Å². The number of carbonyl (C=O) groups is 4. The summed E-state index contributed by atoms with van der Waals surface area (Å²) in [5, 5.41) is 20.0. The summed E-state index contributed by atoms with van der Waals surface area (Å²) in [6.07, 6.45) is 2.39. The third kappa shape index (κ3) is 12.2. The highest BCUT2D eigenvalue weighted by Gasteiger charge is 2.60. The van der Waals surface area contributed by atoms with Crippen LogP contribution in [0, 0.1) is 17.8 Å². The van der Waals surface area contributed by atoms with Gasteiger partial charge in [0, 0.05) is 70.2 Å². The number of cyclic esters (lactones) is 1. The maximum atomic E-state index is 14.5. The number of ether oxygens (including phenoxy) is 5. The summed E-state index contributed by atoms with van der Waals surface area (Å²) in [5.74, 6) is -3.82. The number of aryl methyl sites for hydroxylation is 1. The van der Waals surface area contributed by atoms with Gasteiger partial charge < -0.3 is 38.6 Å². The molecule has 2 aromatic heterocycles. The lowest BCUT2D eigenvalue weighted by atomic mass is 9.78. The zero-order valence-electron chi connectivity index (χ0n) is 39.9. The first kappa shape index (κ1) is 52.9. The van der Waals surface area contributed by atoms with Crippen LogP contribution in [-0.4, -0.2) is 164 Å². The van der Waals surface area contributed by atoms with Crippen LogP contribution in [0.4, 0.5) is 8.68 Å². The van der Waals surface area contributed by atoms with Crippen molar-refractivity contribution in [3.63, 3.8) is 0 Å². The standard InChI is InChI=1S/C44H69N7O10.CH3FS/c1-13-35-44(9)38(50(42(56)61-44)21-17-16-20-49-25-33(46-47-49)32-18-14-15-19-45-32)30(6)51(31(7)52)24-26(2)23-43(8,57-12)39(28(4)36(53)29(5)40(55)59-35)60-41-37(54)34(48(10)11)22-27(3)58-41;1-3-2/h14-15,18-19,25-30,34-35,37-39,41,54H,13,16-17,20-24H2,1-12H3;1H3/t26-,27?,28+,29-,30-,34?,35-,37?,38-,39-,41+,43-,44-;/m1./s1. The number of Topliss-reactive ketones (excluding diaryl/α,β-unsaturated/α-hetero) is 1. The molecule has 0 aliphatic carbocycles.